The first-order valence-corrected chi connectivity index (χ1v) is 6.31. The quantitative estimate of drug-likeness (QED) is 0.902. The molecule has 2 aromatic carbocycles. The predicted octanol–water partition coefficient (Wildman–Crippen LogP) is 3.92. The highest BCUT2D eigenvalue weighted by atomic mass is 35.5. The molecule has 0 amide bonds. The molecule has 2 aromatic rings. The van der Waals surface area contributed by atoms with Crippen LogP contribution in [0, 0.1) is 5.82 Å². The SMILES string of the molecule is O=C(O)C(O)c1cc(F)ccc1-c1cc(Cl)ccc1Cl. The summed E-state index contributed by atoms with van der Waals surface area (Å²) >= 11 is 11.9. The average Bonchev–Trinajstić information content (AvgIpc) is 2.40. The van der Waals surface area contributed by atoms with Gasteiger partial charge in [0.1, 0.15) is 5.82 Å². The summed E-state index contributed by atoms with van der Waals surface area (Å²) in [5.74, 6) is -2.13. The first-order chi connectivity index (χ1) is 9.40. The van der Waals surface area contributed by atoms with Gasteiger partial charge >= 0.3 is 5.97 Å². The Kier molecular flexibility index (Phi) is 4.28. The molecule has 0 aliphatic carbocycles. The molecule has 0 saturated heterocycles. The van der Waals surface area contributed by atoms with E-state index in [0.717, 1.165) is 12.1 Å². The lowest BCUT2D eigenvalue weighted by Crippen LogP contribution is -2.12. The summed E-state index contributed by atoms with van der Waals surface area (Å²) in [5, 5.41) is 19.3. The number of aliphatic hydroxyl groups is 1. The van der Waals surface area contributed by atoms with Crippen LogP contribution in [0.25, 0.3) is 11.1 Å². The van der Waals surface area contributed by atoms with Crippen LogP contribution in [-0.4, -0.2) is 16.2 Å². The van der Waals surface area contributed by atoms with E-state index < -0.39 is 17.9 Å². The smallest absolute Gasteiger partial charge is 0.337 e. The van der Waals surface area contributed by atoms with Crippen LogP contribution in [0.3, 0.4) is 0 Å². The lowest BCUT2D eigenvalue weighted by Gasteiger charge is -2.14. The Morgan fingerprint density at radius 2 is 1.80 bits per heavy atom. The van der Waals surface area contributed by atoms with Gasteiger partial charge in [-0.2, -0.15) is 0 Å². The summed E-state index contributed by atoms with van der Waals surface area (Å²) in [6.07, 6.45) is -1.85. The number of hydrogen-bond acceptors (Lipinski definition) is 2. The van der Waals surface area contributed by atoms with Crippen LogP contribution in [-0.2, 0) is 4.79 Å². The topological polar surface area (TPSA) is 57.5 Å². The van der Waals surface area contributed by atoms with E-state index in [1.807, 2.05) is 0 Å². The number of carboxylic acids is 1. The Morgan fingerprint density at radius 3 is 2.45 bits per heavy atom. The van der Waals surface area contributed by atoms with Crippen molar-refractivity contribution in [1.29, 1.82) is 0 Å². The van der Waals surface area contributed by atoms with E-state index >= 15 is 0 Å². The second-order valence-electron chi connectivity index (χ2n) is 4.10. The minimum atomic E-state index is -1.85. The lowest BCUT2D eigenvalue weighted by atomic mass is 9.96. The molecule has 1 unspecified atom stereocenters. The molecule has 1 atom stereocenters. The number of benzene rings is 2. The summed E-state index contributed by atoms with van der Waals surface area (Å²) < 4.78 is 13.3. The van der Waals surface area contributed by atoms with Gasteiger partial charge in [0.15, 0.2) is 6.10 Å². The van der Waals surface area contributed by atoms with E-state index in [0.29, 0.717) is 21.2 Å². The third-order valence-corrected chi connectivity index (χ3v) is 3.33. The van der Waals surface area contributed by atoms with Crippen LogP contribution in [0.5, 0.6) is 0 Å². The number of hydrogen-bond donors (Lipinski definition) is 2. The molecule has 0 aromatic heterocycles. The van der Waals surface area contributed by atoms with Gasteiger partial charge in [-0.25, -0.2) is 9.18 Å². The monoisotopic (exact) mass is 314 g/mol. The van der Waals surface area contributed by atoms with E-state index in [1.165, 1.54) is 12.1 Å². The largest absolute Gasteiger partial charge is 0.479 e. The van der Waals surface area contributed by atoms with E-state index in [-0.39, 0.29) is 5.56 Å². The molecule has 3 nitrogen and oxygen atoms in total. The molecule has 0 aliphatic rings. The highest BCUT2D eigenvalue weighted by molar-refractivity contribution is 6.35. The minimum absolute atomic E-state index is 0.0818. The summed E-state index contributed by atoms with van der Waals surface area (Å²) in [6.45, 7) is 0. The van der Waals surface area contributed by atoms with E-state index in [9.17, 15) is 14.3 Å². The maximum atomic E-state index is 13.3. The first kappa shape index (κ1) is 14.8. The molecule has 0 saturated carbocycles. The van der Waals surface area contributed by atoms with Crippen molar-refractivity contribution in [2.24, 2.45) is 0 Å². The van der Waals surface area contributed by atoms with Gasteiger partial charge in [0.2, 0.25) is 0 Å². The van der Waals surface area contributed by atoms with Gasteiger partial charge < -0.3 is 10.2 Å². The summed E-state index contributed by atoms with van der Waals surface area (Å²) in [5.41, 5.74) is 0.657. The van der Waals surface area contributed by atoms with Crippen molar-refractivity contribution < 1.29 is 19.4 Å². The van der Waals surface area contributed by atoms with Gasteiger partial charge in [-0.1, -0.05) is 29.3 Å². The molecular formula is C14H9Cl2FO3. The van der Waals surface area contributed by atoms with Crippen molar-refractivity contribution >= 4 is 29.2 Å². The maximum absolute atomic E-state index is 13.3. The number of rotatable bonds is 3. The molecule has 2 N–H and O–H groups in total. The molecule has 0 heterocycles. The van der Waals surface area contributed by atoms with Crippen LogP contribution in [0.2, 0.25) is 10.0 Å². The van der Waals surface area contributed by atoms with Gasteiger partial charge in [-0.15, -0.1) is 0 Å². The number of aliphatic carboxylic acids is 1. The molecule has 6 heteroatoms. The number of carboxylic acid groups (broad SMARTS) is 1. The molecule has 0 radical (unpaired) electrons. The van der Waals surface area contributed by atoms with Crippen LogP contribution in [0.1, 0.15) is 11.7 Å². The Balaban J connectivity index is 2.67. The van der Waals surface area contributed by atoms with Crippen LogP contribution in [0.4, 0.5) is 4.39 Å². The van der Waals surface area contributed by atoms with Crippen molar-refractivity contribution in [3.05, 3.63) is 57.8 Å². The molecule has 0 bridgehead atoms. The third kappa shape index (κ3) is 2.93. The van der Waals surface area contributed by atoms with E-state index in [1.54, 1.807) is 12.1 Å². The molecular weight excluding hydrogens is 306 g/mol. The van der Waals surface area contributed by atoms with Crippen LogP contribution >= 0.6 is 23.2 Å². The van der Waals surface area contributed by atoms with Gasteiger partial charge in [0, 0.05) is 21.2 Å². The van der Waals surface area contributed by atoms with Gasteiger partial charge in [0.05, 0.1) is 0 Å². The Hall–Kier alpha value is -1.62. The molecule has 0 spiro atoms. The van der Waals surface area contributed by atoms with Crippen LogP contribution in [0.15, 0.2) is 36.4 Å². The summed E-state index contributed by atoms with van der Waals surface area (Å²) in [6, 6.07) is 8.11. The number of halogens is 3. The standard InChI is InChI=1S/C14H9Cl2FO3/c15-7-1-4-12(16)10(5-7)9-3-2-8(17)6-11(9)13(18)14(19)20/h1-6,13,18H,(H,19,20). The van der Waals surface area contributed by atoms with Crippen molar-refractivity contribution in [3.63, 3.8) is 0 Å². The Bertz CT molecular complexity index is 673. The fraction of sp³-hybridized carbons (Fsp3) is 0.0714. The fourth-order valence-corrected chi connectivity index (χ4v) is 2.23. The number of aliphatic hydroxyl groups excluding tert-OH is 1. The third-order valence-electron chi connectivity index (χ3n) is 2.76. The fourth-order valence-electron chi connectivity index (χ4n) is 1.84. The highest BCUT2D eigenvalue weighted by Gasteiger charge is 2.22. The molecule has 104 valence electrons. The second kappa shape index (κ2) is 5.79. The first-order valence-electron chi connectivity index (χ1n) is 5.56. The highest BCUT2D eigenvalue weighted by Crippen LogP contribution is 2.35. The minimum Gasteiger partial charge on any atom is -0.479 e. The molecule has 20 heavy (non-hydrogen) atoms. The zero-order valence-electron chi connectivity index (χ0n) is 9.98. The average molecular weight is 315 g/mol. The maximum Gasteiger partial charge on any atom is 0.337 e. The molecule has 0 fully saturated rings. The summed E-state index contributed by atoms with van der Waals surface area (Å²) in [4.78, 5) is 10.9. The van der Waals surface area contributed by atoms with Gasteiger partial charge in [-0.05, 0) is 35.9 Å². The van der Waals surface area contributed by atoms with Crippen molar-refractivity contribution in [2.45, 2.75) is 6.10 Å². The zero-order chi connectivity index (χ0) is 14.9. The van der Waals surface area contributed by atoms with E-state index in [2.05, 4.69) is 0 Å². The Morgan fingerprint density at radius 1 is 1.10 bits per heavy atom. The number of carbonyl (C=O) groups is 1. The zero-order valence-corrected chi connectivity index (χ0v) is 11.5. The van der Waals surface area contributed by atoms with Crippen molar-refractivity contribution in [3.8, 4) is 11.1 Å². The predicted molar refractivity (Wildman–Crippen MR) is 74.5 cm³/mol. The van der Waals surface area contributed by atoms with Crippen molar-refractivity contribution in [1.82, 2.24) is 0 Å². The lowest BCUT2D eigenvalue weighted by molar-refractivity contribution is -0.146. The van der Waals surface area contributed by atoms with Crippen LogP contribution < -0.4 is 0 Å². The van der Waals surface area contributed by atoms with Gasteiger partial charge in [-0.3, -0.25) is 0 Å². The molecule has 0 aliphatic heterocycles. The van der Waals surface area contributed by atoms with Crippen molar-refractivity contribution in [2.75, 3.05) is 0 Å². The Labute approximate surface area is 124 Å². The second-order valence-corrected chi connectivity index (χ2v) is 4.94. The summed E-state index contributed by atoms with van der Waals surface area (Å²) in [7, 11) is 0. The van der Waals surface area contributed by atoms with E-state index in [4.69, 9.17) is 28.3 Å². The molecule has 2 rings (SSSR count). The van der Waals surface area contributed by atoms with Gasteiger partial charge in [0.25, 0.3) is 0 Å². The normalized spacial score (nSPS) is 12.2.